The number of hydrogen-bond acceptors (Lipinski definition) is 5. The van der Waals surface area contributed by atoms with Crippen molar-refractivity contribution >= 4 is 17.7 Å². The van der Waals surface area contributed by atoms with Crippen LogP contribution in [0.5, 0.6) is 5.75 Å². The Morgan fingerprint density at radius 2 is 1.77 bits per heavy atom. The molecule has 0 N–H and O–H groups in total. The molecule has 0 unspecified atom stereocenters. The first-order valence-corrected chi connectivity index (χ1v) is 8.94. The van der Waals surface area contributed by atoms with Crippen molar-refractivity contribution in [2.75, 3.05) is 39.5 Å². The highest BCUT2D eigenvalue weighted by Crippen LogP contribution is 2.34. The van der Waals surface area contributed by atoms with E-state index in [1.807, 2.05) is 60.7 Å². The maximum Gasteiger partial charge on any atom is 0.258 e. The number of benzene rings is 2. The number of ether oxygens (including phenoxy) is 3. The Kier molecular flexibility index (Phi) is 5.28. The maximum atomic E-state index is 6.06. The number of para-hydroxylation sites is 2. The van der Waals surface area contributed by atoms with Crippen LogP contribution >= 0.6 is 0 Å². The average Bonchev–Trinajstić information content (AvgIpc) is 2.70. The maximum absolute atomic E-state index is 6.06. The molecule has 0 saturated carbocycles. The highest BCUT2D eigenvalue weighted by molar-refractivity contribution is 5.99. The third kappa shape index (κ3) is 4.12. The predicted molar refractivity (Wildman–Crippen MR) is 102 cm³/mol. The summed E-state index contributed by atoms with van der Waals surface area (Å²) >= 11 is 0. The van der Waals surface area contributed by atoms with Gasteiger partial charge in [-0.1, -0.05) is 42.5 Å². The highest BCUT2D eigenvalue weighted by Gasteiger charge is 2.21. The lowest BCUT2D eigenvalue weighted by atomic mass is 10.2. The van der Waals surface area contributed by atoms with Crippen LogP contribution in [-0.2, 0) is 9.47 Å². The van der Waals surface area contributed by atoms with Crippen molar-refractivity contribution in [2.24, 2.45) is 4.99 Å². The Balaban J connectivity index is 1.51. The van der Waals surface area contributed by atoms with Gasteiger partial charge in [-0.05, 0) is 23.8 Å². The van der Waals surface area contributed by atoms with Gasteiger partial charge in [-0.25, -0.2) is 4.99 Å². The van der Waals surface area contributed by atoms with Crippen LogP contribution in [0.2, 0.25) is 0 Å². The molecular weight excluding hydrogens is 328 g/mol. The van der Waals surface area contributed by atoms with Crippen LogP contribution in [0.4, 0.5) is 5.69 Å². The van der Waals surface area contributed by atoms with Gasteiger partial charge in [-0.2, -0.15) is 0 Å². The monoisotopic (exact) mass is 350 g/mol. The van der Waals surface area contributed by atoms with Crippen LogP contribution in [0.3, 0.4) is 0 Å². The molecule has 0 atom stereocenters. The van der Waals surface area contributed by atoms with Crippen molar-refractivity contribution < 1.29 is 14.2 Å². The van der Waals surface area contributed by atoms with Gasteiger partial charge in [-0.15, -0.1) is 0 Å². The Labute approximate surface area is 153 Å². The molecule has 0 radical (unpaired) electrons. The third-order valence-electron chi connectivity index (χ3n) is 4.37. The first kappa shape index (κ1) is 16.8. The first-order chi connectivity index (χ1) is 12.9. The molecule has 134 valence electrons. The van der Waals surface area contributed by atoms with Crippen molar-refractivity contribution in [3.63, 3.8) is 0 Å². The van der Waals surface area contributed by atoms with Crippen molar-refractivity contribution in [1.29, 1.82) is 0 Å². The lowest BCUT2D eigenvalue weighted by Gasteiger charge is -2.27. The van der Waals surface area contributed by atoms with E-state index in [-0.39, 0.29) is 0 Å². The van der Waals surface area contributed by atoms with Gasteiger partial charge in [-0.3, -0.25) is 4.90 Å². The Hall–Kier alpha value is -2.63. The predicted octanol–water partition coefficient (Wildman–Crippen LogP) is 3.50. The van der Waals surface area contributed by atoms with Crippen LogP contribution in [0.1, 0.15) is 5.56 Å². The van der Waals surface area contributed by atoms with E-state index in [1.54, 1.807) is 0 Å². The zero-order chi connectivity index (χ0) is 17.6. The molecule has 26 heavy (non-hydrogen) atoms. The van der Waals surface area contributed by atoms with Crippen molar-refractivity contribution in [3.05, 3.63) is 65.9 Å². The molecular formula is C21H22N2O3. The van der Waals surface area contributed by atoms with Gasteiger partial charge >= 0.3 is 0 Å². The molecule has 2 aliphatic heterocycles. The van der Waals surface area contributed by atoms with Gasteiger partial charge in [0.1, 0.15) is 12.3 Å². The molecule has 0 spiro atoms. The van der Waals surface area contributed by atoms with Gasteiger partial charge in [0, 0.05) is 19.6 Å². The van der Waals surface area contributed by atoms with E-state index in [1.165, 1.54) is 0 Å². The van der Waals surface area contributed by atoms with Crippen molar-refractivity contribution in [1.82, 2.24) is 4.90 Å². The molecule has 2 aromatic carbocycles. The summed E-state index contributed by atoms with van der Waals surface area (Å²) < 4.78 is 17.4. The minimum atomic E-state index is 0.529. The fourth-order valence-electron chi connectivity index (χ4n) is 2.95. The standard InChI is InChI=1S/C21H22N2O3/c1-2-6-17(7-3-1)16-20-21(22-18-8-4-5-9-19(18)26-20)25-15-12-23-10-13-24-14-11-23/h1-9,16H,10-15H2/b20-16+. The van der Waals surface area contributed by atoms with E-state index < -0.39 is 0 Å². The molecule has 5 nitrogen and oxygen atoms in total. The van der Waals surface area contributed by atoms with Crippen LogP contribution in [0.25, 0.3) is 6.08 Å². The number of rotatable bonds is 4. The zero-order valence-corrected chi connectivity index (χ0v) is 14.6. The van der Waals surface area contributed by atoms with E-state index in [0.29, 0.717) is 18.3 Å². The molecule has 4 rings (SSSR count). The molecule has 0 bridgehead atoms. The molecule has 5 heteroatoms. The molecule has 0 amide bonds. The second kappa shape index (κ2) is 8.17. The van der Waals surface area contributed by atoms with Crippen molar-refractivity contribution in [3.8, 4) is 5.75 Å². The summed E-state index contributed by atoms with van der Waals surface area (Å²) in [7, 11) is 0. The van der Waals surface area contributed by atoms with Gasteiger partial charge in [0.15, 0.2) is 11.5 Å². The van der Waals surface area contributed by atoms with Gasteiger partial charge in [0.2, 0.25) is 0 Å². The lowest BCUT2D eigenvalue weighted by molar-refractivity contribution is 0.0314. The van der Waals surface area contributed by atoms with Gasteiger partial charge in [0.05, 0.1) is 13.2 Å². The van der Waals surface area contributed by atoms with E-state index in [4.69, 9.17) is 14.2 Å². The Bertz CT molecular complexity index is 796. The van der Waals surface area contributed by atoms with Crippen molar-refractivity contribution in [2.45, 2.75) is 0 Å². The van der Waals surface area contributed by atoms with Gasteiger partial charge in [0.25, 0.3) is 5.90 Å². The fourth-order valence-corrected chi connectivity index (χ4v) is 2.95. The molecule has 2 aromatic rings. The number of fused-ring (bicyclic) bond motifs is 1. The third-order valence-corrected chi connectivity index (χ3v) is 4.37. The summed E-state index contributed by atoms with van der Waals surface area (Å²) in [6, 6.07) is 17.8. The Morgan fingerprint density at radius 3 is 2.62 bits per heavy atom. The normalized spacial score (nSPS) is 18.8. The van der Waals surface area contributed by atoms with E-state index in [2.05, 4.69) is 9.89 Å². The summed E-state index contributed by atoms with van der Waals surface area (Å²) in [5.41, 5.74) is 1.84. The van der Waals surface area contributed by atoms with Gasteiger partial charge < -0.3 is 14.2 Å². The number of aliphatic imine (C=N–C) groups is 1. The largest absolute Gasteiger partial charge is 0.474 e. The number of nitrogens with zero attached hydrogens (tertiary/aromatic N) is 2. The molecule has 0 aromatic heterocycles. The Morgan fingerprint density at radius 1 is 1.00 bits per heavy atom. The quantitative estimate of drug-likeness (QED) is 0.846. The lowest BCUT2D eigenvalue weighted by Crippen LogP contribution is -2.38. The number of morpholine rings is 1. The van der Waals surface area contributed by atoms with E-state index in [9.17, 15) is 0 Å². The molecule has 1 saturated heterocycles. The average molecular weight is 350 g/mol. The second-order valence-electron chi connectivity index (χ2n) is 6.21. The summed E-state index contributed by atoms with van der Waals surface area (Å²) in [6.45, 7) is 4.89. The van der Waals surface area contributed by atoms with Crippen LogP contribution < -0.4 is 4.74 Å². The molecule has 1 fully saturated rings. The topological polar surface area (TPSA) is 43.3 Å². The summed E-state index contributed by atoms with van der Waals surface area (Å²) in [5, 5.41) is 0. The summed E-state index contributed by atoms with van der Waals surface area (Å²) in [4.78, 5) is 7.00. The molecule has 0 aliphatic carbocycles. The van der Waals surface area contributed by atoms with Crippen LogP contribution in [0, 0.1) is 0 Å². The minimum Gasteiger partial charge on any atom is -0.474 e. The second-order valence-corrected chi connectivity index (χ2v) is 6.21. The van der Waals surface area contributed by atoms with E-state index >= 15 is 0 Å². The molecule has 2 aliphatic rings. The van der Waals surface area contributed by atoms with E-state index in [0.717, 1.165) is 49.8 Å². The smallest absolute Gasteiger partial charge is 0.258 e. The van der Waals surface area contributed by atoms with Crippen LogP contribution in [0.15, 0.2) is 65.3 Å². The highest BCUT2D eigenvalue weighted by atomic mass is 16.5. The number of hydrogen-bond donors (Lipinski definition) is 0. The summed E-state index contributed by atoms with van der Waals surface area (Å²) in [5.74, 6) is 1.91. The SMILES string of the molecule is C(=C1\Oc2ccccc2N=C1OCCN1CCOCC1)/c1ccccc1. The summed E-state index contributed by atoms with van der Waals surface area (Å²) in [6.07, 6.45) is 1.96. The fraction of sp³-hybridized carbons (Fsp3) is 0.286. The zero-order valence-electron chi connectivity index (χ0n) is 14.6. The first-order valence-electron chi connectivity index (χ1n) is 8.94. The van der Waals surface area contributed by atoms with Crippen LogP contribution in [-0.4, -0.2) is 50.3 Å². The molecule has 2 heterocycles. The minimum absolute atomic E-state index is 0.529.